The van der Waals surface area contributed by atoms with E-state index in [-0.39, 0.29) is 11.8 Å². The number of imidazole rings is 1. The third kappa shape index (κ3) is 4.25. The molecule has 1 saturated carbocycles. The molecule has 5 heteroatoms. The zero-order chi connectivity index (χ0) is 19.3. The van der Waals surface area contributed by atoms with Gasteiger partial charge in [0.25, 0.3) is 0 Å². The molecule has 0 radical (unpaired) electrons. The highest BCUT2D eigenvalue weighted by atomic mass is 16.5. The molecule has 0 unspecified atom stereocenters. The molecule has 1 amide bonds. The topological polar surface area (TPSA) is 56.1 Å². The second kappa shape index (κ2) is 8.30. The molecule has 2 aromatic carbocycles. The van der Waals surface area contributed by atoms with Gasteiger partial charge < -0.3 is 14.6 Å². The molecule has 1 fully saturated rings. The van der Waals surface area contributed by atoms with Crippen LogP contribution in [0.3, 0.4) is 0 Å². The van der Waals surface area contributed by atoms with Gasteiger partial charge in [0.15, 0.2) is 0 Å². The number of aromatic nitrogens is 2. The van der Waals surface area contributed by atoms with Crippen molar-refractivity contribution < 1.29 is 9.53 Å². The van der Waals surface area contributed by atoms with Gasteiger partial charge in [0, 0.05) is 24.6 Å². The zero-order valence-electron chi connectivity index (χ0n) is 16.0. The van der Waals surface area contributed by atoms with Crippen LogP contribution in [0, 0.1) is 0 Å². The van der Waals surface area contributed by atoms with E-state index >= 15 is 0 Å². The normalized spacial score (nSPS) is 14.5. The second-order valence-electron chi connectivity index (χ2n) is 7.24. The van der Waals surface area contributed by atoms with E-state index in [0.717, 1.165) is 22.6 Å². The van der Waals surface area contributed by atoms with Gasteiger partial charge in [-0.15, -0.1) is 0 Å². The summed E-state index contributed by atoms with van der Waals surface area (Å²) in [6, 6.07) is 18.7. The number of nitrogens with zero attached hydrogens (tertiary/aromatic N) is 2. The molecule has 0 aliphatic heterocycles. The molecule has 28 heavy (non-hydrogen) atoms. The van der Waals surface area contributed by atoms with Crippen LogP contribution < -0.4 is 10.1 Å². The molecule has 1 atom stereocenters. The highest BCUT2D eigenvalue weighted by Gasteiger charge is 2.25. The third-order valence-electron chi connectivity index (χ3n) is 5.26. The maximum Gasteiger partial charge on any atom is 0.221 e. The first kappa shape index (κ1) is 18.3. The Labute approximate surface area is 165 Å². The first-order valence-electron chi connectivity index (χ1n) is 9.71. The smallest absolute Gasteiger partial charge is 0.221 e. The molecule has 4 rings (SSSR count). The van der Waals surface area contributed by atoms with E-state index in [0.29, 0.717) is 19.0 Å². The molecule has 144 valence electrons. The largest absolute Gasteiger partial charge is 0.497 e. The number of amides is 1. The Bertz CT molecular complexity index is 915. The number of hydrogen-bond donors (Lipinski definition) is 1. The predicted molar refractivity (Wildman–Crippen MR) is 108 cm³/mol. The Morgan fingerprint density at radius 1 is 1.14 bits per heavy atom. The van der Waals surface area contributed by atoms with Gasteiger partial charge in [-0.25, -0.2) is 4.98 Å². The van der Waals surface area contributed by atoms with Crippen LogP contribution in [0.1, 0.15) is 48.0 Å². The Hall–Kier alpha value is -3.08. The van der Waals surface area contributed by atoms with E-state index < -0.39 is 0 Å². The summed E-state index contributed by atoms with van der Waals surface area (Å²) in [5.74, 6) is 0.849. The van der Waals surface area contributed by atoms with Crippen LogP contribution in [-0.4, -0.2) is 22.6 Å². The first-order chi connectivity index (χ1) is 13.7. The lowest BCUT2D eigenvalue weighted by Crippen LogP contribution is -2.26. The van der Waals surface area contributed by atoms with Crippen LogP contribution >= 0.6 is 0 Å². The first-order valence-corrected chi connectivity index (χ1v) is 9.71. The lowest BCUT2D eigenvalue weighted by Gasteiger charge is -2.18. The summed E-state index contributed by atoms with van der Waals surface area (Å²) in [5.41, 5.74) is 3.30. The summed E-state index contributed by atoms with van der Waals surface area (Å²) in [5, 5.41) is 3.08. The summed E-state index contributed by atoms with van der Waals surface area (Å²) < 4.78 is 7.44. The van der Waals surface area contributed by atoms with Gasteiger partial charge in [0.2, 0.25) is 5.91 Å². The molecule has 0 bridgehead atoms. The number of methoxy groups -OCH3 is 1. The molecular weight excluding hydrogens is 350 g/mol. The molecular formula is C23H25N3O2. The van der Waals surface area contributed by atoms with Crippen molar-refractivity contribution in [3.8, 4) is 5.75 Å². The Balaban J connectivity index is 1.46. The Morgan fingerprint density at radius 3 is 2.54 bits per heavy atom. The fourth-order valence-corrected chi connectivity index (χ4v) is 3.55. The van der Waals surface area contributed by atoms with Crippen LogP contribution in [0.25, 0.3) is 0 Å². The lowest BCUT2D eigenvalue weighted by molar-refractivity contribution is -0.121. The average Bonchev–Trinajstić information content (AvgIpc) is 3.49. The summed E-state index contributed by atoms with van der Waals surface area (Å²) in [7, 11) is 1.66. The standard InChI is InChI=1S/C23H25N3O2/c1-28-21-11-7-18(8-12-21)22(17-5-3-2-4-6-17)13-23(27)25-15-20-14-24-16-26(20)19-9-10-19/h2-8,11-12,14,16,19,22H,9-10,13,15H2,1H3,(H,25,27)/t22-/m1/s1. The number of carbonyl (C=O) groups is 1. The number of rotatable bonds is 8. The molecule has 1 heterocycles. The fraction of sp³-hybridized carbons (Fsp3) is 0.304. The number of hydrogen-bond acceptors (Lipinski definition) is 3. The summed E-state index contributed by atoms with van der Waals surface area (Å²) in [6.07, 6.45) is 6.50. The van der Waals surface area contributed by atoms with Crippen LogP contribution in [0.15, 0.2) is 67.1 Å². The van der Waals surface area contributed by atoms with Gasteiger partial charge in [0.1, 0.15) is 5.75 Å². The highest BCUT2D eigenvalue weighted by Crippen LogP contribution is 2.35. The van der Waals surface area contributed by atoms with Crippen LogP contribution in [0.2, 0.25) is 0 Å². The van der Waals surface area contributed by atoms with Crippen molar-refractivity contribution in [3.63, 3.8) is 0 Å². The minimum atomic E-state index is 0.000416. The minimum Gasteiger partial charge on any atom is -0.497 e. The average molecular weight is 375 g/mol. The van der Waals surface area contributed by atoms with E-state index in [1.54, 1.807) is 7.11 Å². The van der Waals surface area contributed by atoms with Gasteiger partial charge in [-0.1, -0.05) is 42.5 Å². The molecule has 0 spiro atoms. The molecule has 1 aliphatic rings. The lowest BCUT2D eigenvalue weighted by atomic mass is 9.88. The number of ether oxygens (including phenoxy) is 1. The third-order valence-corrected chi connectivity index (χ3v) is 5.26. The van der Waals surface area contributed by atoms with Crippen molar-refractivity contribution in [1.82, 2.24) is 14.9 Å². The van der Waals surface area contributed by atoms with Gasteiger partial charge in [-0.3, -0.25) is 4.79 Å². The molecule has 5 nitrogen and oxygen atoms in total. The van der Waals surface area contributed by atoms with E-state index in [1.807, 2.05) is 55.0 Å². The Morgan fingerprint density at radius 2 is 1.86 bits per heavy atom. The van der Waals surface area contributed by atoms with Crippen molar-refractivity contribution >= 4 is 5.91 Å². The number of nitrogens with one attached hydrogen (secondary N) is 1. The van der Waals surface area contributed by atoms with Crippen molar-refractivity contribution in [3.05, 3.63) is 83.9 Å². The van der Waals surface area contributed by atoms with Crippen molar-refractivity contribution in [2.45, 2.75) is 37.8 Å². The number of benzene rings is 2. The van der Waals surface area contributed by atoms with Crippen LogP contribution in [0.4, 0.5) is 0 Å². The van der Waals surface area contributed by atoms with Gasteiger partial charge in [-0.05, 0) is 36.1 Å². The SMILES string of the molecule is COc1ccc([C@H](CC(=O)NCc2cncn2C2CC2)c2ccccc2)cc1. The second-order valence-corrected chi connectivity index (χ2v) is 7.24. The molecule has 3 aromatic rings. The van der Waals surface area contributed by atoms with Crippen molar-refractivity contribution in [2.24, 2.45) is 0 Å². The van der Waals surface area contributed by atoms with Crippen LogP contribution in [-0.2, 0) is 11.3 Å². The monoisotopic (exact) mass is 375 g/mol. The van der Waals surface area contributed by atoms with Gasteiger partial charge in [0.05, 0.1) is 25.7 Å². The fourth-order valence-electron chi connectivity index (χ4n) is 3.55. The van der Waals surface area contributed by atoms with E-state index in [4.69, 9.17) is 4.74 Å². The minimum absolute atomic E-state index is 0.000416. The highest BCUT2D eigenvalue weighted by molar-refractivity contribution is 5.77. The quantitative estimate of drug-likeness (QED) is 0.646. The maximum absolute atomic E-state index is 12.7. The maximum atomic E-state index is 12.7. The molecule has 1 aromatic heterocycles. The molecule has 0 saturated heterocycles. The van der Waals surface area contributed by atoms with Crippen LogP contribution in [0.5, 0.6) is 5.75 Å². The molecule has 1 aliphatic carbocycles. The summed E-state index contributed by atoms with van der Waals surface area (Å²) >= 11 is 0. The van der Waals surface area contributed by atoms with Gasteiger partial charge >= 0.3 is 0 Å². The van der Waals surface area contributed by atoms with E-state index in [9.17, 15) is 4.79 Å². The molecule has 1 N–H and O–H groups in total. The predicted octanol–water partition coefficient (Wildman–Crippen LogP) is 4.07. The van der Waals surface area contributed by atoms with E-state index in [2.05, 4.69) is 27.0 Å². The van der Waals surface area contributed by atoms with E-state index in [1.165, 1.54) is 12.8 Å². The number of carbonyl (C=O) groups excluding carboxylic acids is 1. The Kier molecular flexibility index (Phi) is 5.42. The summed E-state index contributed by atoms with van der Waals surface area (Å²) in [4.78, 5) is 17.0. The van der Waals surface area contributed by atoms with Crippen molar-refractivity contribution in [2.75, 3.05) is 7.11 Å². The van der Waals surface area contributed by atoms with Crippen molar-refractivity contribution in [1.29, 1.82) is 0 Å². The zero-order valence-corrected chi connectivity index (χ0v) is 16.0. The summed E-state index contributed by atoms with van der Waals surface area (Å²) in [6.45, 7) is 0.513. The van der Waals surface area contributed by atoms with Gasteiger partial charge in [-0.2, -0.15) is 0 Å².